The minimum Gasteiger partial charge on any atom is -0.390 e. The van der Waals surface area contributed by atoms with Crippen LogP contribution in [0.1, 0.15) is 37.7 Å². The lowest BCUT2D eigenvalue weighted by Gasteiger charge is -2.25. The van der Waals surface area contributed by atoms with Gasteiger partial charge in [0.2, 0.25) is 0 Å². The van der Waals surface area contributed by atoms with Crippen molar-refractivity contribution in [3.8, 4) is 0 Å². The fourth-order valence-corrected chi connectivity index (χ4v) is 3.49. The molecule has 16 heavy (non-hydrogen) atoms. The van der Waals surface area contributed by atoms with Gasteiger partial charge in [0.15, 0.2) is 0 Å². The van der Waals surface area contributed by atoms with E-state index in [0.29, 0.717) is 0 Å². The van der Waals surface area contributed by atoms with Crippen molar-refractivity contribution >= 4 is 11.8 Å². The normalized spacial score (nSPS) is 22.8. The highest BCUT2D eigenvalue weighted by molar-refractivity contribution is 8.00. The zero-order valence-corrected chi connectivity index (χ0v) is 10.3. The van der Waals surface area contributed by atoms with Gasteiger partial charge >= 0.3 is 0 Å². The van der Waals surface area contributed by atoms with E-state index in [1.165, 1.54) is 29.7 Å². The lowest BCUT2D eigenvalue weighted by molar-refractivity contribution is 0.150. The summed E-state index contributed by atoms with van der Waals surface area (Å²) in [6.45, 7) is 0. The Bertz CT molecular complexity index is 380. The quantitative estimate of drug-likeness (QED) is 0.861. The molecule has 1 nitrogen and oxygen atoms in total. The van der Waals surface area contributed by atoms with Gasteiger partial charge in [-0.05, 0) is 37.3 Å². The number of hydrogen-bond donors (Lipinski definition) is 1. The average molecular weight is 234 g/mol. The van der Waals surface area contributed by atoms with Crippen molar-refractivity contribution in [3.63, 3.8) is 0 Å². The standard InChI is InChI=1S/C14H18OS/c15-14(8-9-14)10-11-4-1-2-7-13(11)16-12-5-3-6-12/h1-2,4,7,12,15H,3,5-6,8-10H2. The molecule has 0 saturated heterocycles. The van der Waals surface area contributed by atoms with E-state index in [4.69, 9.17) is 0 Å². The molecule has 0 radical (unpaired) electrons. The van der Waals surface area contributed by atoms with Crippen LogP contribution in [0.5, 0.6) is 0 Å². The Hall–Kier alpha value is -0.470. The molecule has 2 aliphatic carbocycles. The molecule has 0 spiro atoms. The fraction of sp³-hybridized carbons (Fsp3) is 0.571. The van der Waals surface area contributed by atoms with Crippen molar-refractivity contribution in [3.05, 3.63) is 29.8 Å². The zero-order chi connectivity index (χ0) is 11.0. The predicted octanol–water partition coefficient (Wildman–Crippen LogP) is 3.40. The lowest BCUT2D eigenvalue weighted by atomic mass is 10.00. The van der Waals surface area contributed by atoms with E-state index in [0.717, 1.165) is 24.5 Å². The SMILES string of the molecule is OC1(Cc2ccccc2SC2CCC2)CC1. The third-order valence-electron chi connectivity index (χ3n) is 3.67. The van der Waals surface area contributed by atoms with Crippen molar-refractivity contribution in [1.82, 2.24) is 0 Å². The molecule has 0 aromatic heterocycles. The summed E-state index contributed by atoms with van der Waals surface area (Å²) >= 11 is 2.01. The highest BCUT2D eigenvalue weighted by atomic mass is 32.2. The minimum absolute atomic E-state index is 0.365. The van der Waals surface area contributed by atoms with E-state index >= 15 is 0 Å². The van der Waals surface area contributed by atoms with E-state index in [9.17, 15) is 5.11 Å². The molecule has 0 atom stereocenters. The van der Waals surface area contributed by atoms with Crippen LogP contribution in [0.2, 0.25) is 0 Å². The van der Waals surface area contributed by atoms with Gasteiger partial charge in [-0.1, -0.05) is 24.6 Å². The Labute approximate surface area is 101 Å². The van der Waals surface area contributed by atoms with Crippen molar-refractivity contribution in [2.24, 2.45) is 0 Å². The Morgan fingerprint density at radius 2 is 2.00 bits per heavy atom. The second-order valence-electron chi connectivity index (χ2n) is 5.18. The third-order valence-corrected chi connectivity index (χ3v) is 5.12. The maximum atomic E-state index is 10.0. The molecule has 0 heterocycles. The summed E-state index contributed by atoms with van der Waals surface area (Å²) in [7, 11) is 0. The summed E-state index contributed by atoms with van der Waals surface area (Å²) in [4.78, 5) is 1.40. The average Bonchev–Trinajstić information content (AvgIpc) is 2.92. The van der Waals surface area contributed by atoms with Gasteiger partial charge in [-0.3, -0.25) is 0 Å². The summed E-state index contributed by atoms with van der Waals surface area (Å²) in [5.41, 5.74) is 0.982. The number of hydrogen-bond acceptors (Lipinski definition) is 2. The molecule has 0 aliphatic heterocycles. The van der Waals surface area contributed by atoms with Gasteiger partial charge in [0, 0.05) is 16.6 Å². The van der Waals surface area contributed by atoms with E-state index in [1.54, 1.807) is 0 Å². The van der Waals surface area contributed by atoms with Crippen LogP contribution >= 0.6 is 11.8 Å². The van der Waals surface area contributed by atoms with Crippen LogP contribution in [-0.4, -0.2) is 16.0 Å². The number of benzene rings is 1. The molecule has 2 heteroatoms. The van der Waals surface area contributed by atoms with Gasteiger partial charge in [-0.25, -0.2) is 0 Å². The maximum Gasteiger partial charge on any atom is 0.0690 e. The molecule has 1 aromatic carbocycles. The molecular formula is C14H18OS. The highest BCUT2D eigenvalue weighted by Crippen LogP contribution is 2.42. The molecule has 2 aliphatic rings. The van der Waals surface area contributed by atoms with Crippen LogP contribution in [0.15, 0.2) is 29.2 Å². The molecule has 1 aromatic rings. The maximum absolute atomic E-state index is 10.0. The van der Waals surface area contributed by atoms with Gasteiger partial charge in [-0.2, -0.15) is 0 Å². The van der Waals surface area contributed by atoms with Crippen LogP contribution in [0.25, 0.3) is 0 Å². The van der Waals surface area contributed by atoms with Crippen LogP contribution < -0.4 is 0 Å². The van der Waals surface area contributed by atoms with Crippen molar-refractivity contribution in [2.75, 3.05) is 0 Å². The van der Waals surface area contributed by atoms with Gasteiger partial charge in [0.25, 0.3) is 0 Å². The monoisotopic (exact) mass is 234 g/mol. The first-order valence-corrected chi connectivity index (χ1v) is 7.10. The number of rotatable bonds is 4. The van der Waals surface area contributed by atoms with Crippen molar-refractivity contribution in [1.29, 1.82) is 0 Å². The van der Waals surface area contributed by atoms with Crippen LogP contribution in [0.3, 0.4) is 0 Å². The lowest BCUT2D eigenvalue weighted by Crippen LogP contribution is -2.15. The first kappa shape index (κ1) is 10.7. The molecule has 0 unspecified atom stereocenters. The first-order valence-electron chi connectivity index (χ1n) is 6.22. The van der Waals surface area contributed by atoms with Crippen molar-refractivity contribution in [2.45, 2.75) is 54.3 Å². The summed E-state index contributed by atoms with van der Waals surface area (Å²) < 4.78 is 0. The number of thioether (sulfide) groups is 1. The molecule has 3 rings (SSSR count). The molecule has 2 fully saturated rings. The predicted molar refractivity (Wildman–Crippen MR) is 67.8 cm³/mol. The molecule has 2 saturated carbocycles. The summed E-state index contributed by atoms with van der Waals surface area (Å²) in [5, 5.41) is 10.8. The Balaban J connectivity index is 1.74. The van der Waals surface area contributed by atoms with Crippen LogP contribution in [0, 0.1) is 0 Å². The second kappa shape index (κ2) is 4.08. The molecular weight excluding hydrogens is 216 g/mol. The van der Waals surface area contributed by atoms with E-state index in [1.807, 2.05) is 11.8 Å². The Morgan fingerprint density at radius 1 is 1.25 bits per heavy atom. The Morgan fingerprint density at radius 3 is 2.62 bits per heavy atom. The van der Waals surface area contributed by atoms with Gasteiger partial charge in [0.1, 0.15) is 0 Å². The zero-order valence-electron chi connectivity index (χ0n) is 9.48. The highest BCUT2D eigenvalue weighted by Gasteiger charge is 2.40. The third kappa shape index (κ3) is 2.28. The summed E-state index contributed by atoms with van der Waals surface area (Å²) in [5.74, 6) is 0. The van der Waals surface area contributed by atoms with E-state index in [2.05, 4.69) is 24.3 Å². The van der Waals surface area contributed by atoms with Crippen LogP contribution in [-0.2, 0) is 6.42 Å². The van der Waals surface area contributed by atoms with Gasteiger partial charge in [-0.15, -0.1) is 11.8 Å². The largest absolute Gasteiger partial charge is 0.390 e. The van der Waals surface area contributed by atoms with Gasteiger partial charge < -0.3 is 5.11 Å². The number of aliphatic hydroxyl groups is 1. The van der Waals surface area contributed by atoms with E-state index < -0.39 is 0 Å². The van der Waals surface area contributed by atoms with Gasteiger partial charge in [0.05, 0.1) is 5.60 Å². The minimum atomic E-state index is -0.365. The van der Waals surface area contributed by atoms with E-state index in [-0.39, 0.29) is 5.60 Å². The molecule has 0 bridgehead atoms. The fourth-order valence-electron chi connectivity index (χ4n) is 2.11. The molecule has 1 N–H and O–H groups in total. The first-order chi connectivity index (χ1) is 7.75. The smallest absolute Gasteiger partial charge is 0.0690 e. The van der Waals surface area contributed by atoms with Crippen LogP contribution in [0.4, 0.5) is 0 Å². The second-order valence-corrected chi connectivity index (χ2v) is 6.52. The molecule has 0 amide bonds. The topological polar surface area (TPSA) is 20.2 Å². The summed E-state index contributed by atoms with van der Waals surface area (Å²) in [6, 6.07) is 8.59. The molecule has 86 valence electrons. The summed E-state index contributed by atoms with van der Waals surface area (Å²) in [6.07, 6.45) is 6.93. The van der Waals surface area contributed by atoms with Crippen molar-refractivity contribution < 1.29 is 5.11 Å². The Kier molecular flexibility index (Phi) is 2.72.